The highest BCUT2D eigenvalue weighted by atomic mass is 16.6. The van der Waals surface area contributed by atoms with Crippen LogP contribution in [0, 0.1) is 17.8 Å². The lowest BCUT2D eigenvalue weighted by Crippen LogP contribution is -2.18. The van der Waals surface area contributed by atoms with Gasteiger partial charge in [0.15, 0.2) is 0 Å². The van der Waals surface area contributed by atoms with E-state index in [0.717, 1.165) is 12.8 Å². The summed E-state index contributed by atoms with van der Waals surface area (Å²) in [4.78, 5) is 11.7. The van der Waals surface area contributed by atoms with Gasteiger partial charge >= 0.3 is 5.97 Å². The van der Waals surface area contributed by atoms with Gasteiger partial charge in [0, 0.05) is 5.92 Å². The van der Waals surface area contributed by atoms with Gasteiger partial charge in [0.05, 0.1) is 5.92 Å². The summed E-state index contributed by atoms with van der Waals surface area (Å²) in [6.45, 7) is 6.29. The maximum atomic E-state index is 11.7. The highest BCUT2D eigenvalue weighted by Gasteiger charge is 2.47. The Labute approximate surface area is 97.4 Å². The number of cyclic esters (lactones) is 1. The van der Waals surface area contributed by atoms with Gasteiger partial charge in [0.2, 0.25) is 0 Å². The van der Waals surface area contributed by atoms with Crippen molar-refractivity contribution in [1.82, 2.24) is 0 Å². The number of hydrogen-bond acceptors (Lipinski definition) is 2. The Kier molecular flexibility index (Phi) is 3.17. The molecule has 0 amide bonds. The van der Waals surface area contributed by atoms with E-state index in [1.165, 1.54) is 5.57 Å². The van der Waals surface area contributed by atoms with Gasteiger partial charge < -0.3 is 4.74 Å². The molecule has 0 radical (unpaired) electrons. The Morgan fingerprint density at radius 1 is 1.44 bits per heavy atom. The molecule has 1 aliphatic carbocycles. The predicted octanol–water partition coefficient (Wildman–Crippen LogP) is 3.10. The van der Waals surface area contributed by atoms with Crippen LogP contribution in [0.4, 0.5) is 0 Å². The van der Waals surface area contributed by atoms with Crippen molar-refractivity contribution in [1.29, 1.82) is 0 Å². The first-order valence-electron chi connectivity index (χ1n) is 6.12. The zero-order valence-electron chi connectivity index (χ0n) is 10.3. The van der Waals surface area contributed by atoms with Crippen LogP contribution >= 0.6 is 0 Å². The number of carbonyl (C=O) groups excluding carboxylic acids is 1. The summed E-state index contributed by atoms with van der Waals surface area (Å²) < 4.78 is 5.46. The van der Waals surface area contributed by atoms with Crippen LogP contribution in [-0.4, -0.2) is 12.1 Å². The molecule has 88 valence electrons. The molecule has 1 fully saturated rings. The summed E-state index contributed by atoms with van der Waals surface area (Å²) in [5, 5.41) is 0. The topological polar surface area (TPSA) is 26.3 Å². The Hall–Kier alpha value is -1.05. The van der Waals surface area contributed by atoms with E-state index in [2.05, 4.69) is 39.0 Å². The number of esters is 1. The average molecular weight is 220 g/mol. The van der Waals surface area contributed by atoms with Gasteiger partial charge in [-0.3, -0.25) is 4.79 Å². The average Bonchev–Trinajstić information content (AvgIpc) is 2.70. The van der Waals surface area contributed by atoms with Gasteiger partial charge in [-0.05, 0) is 32.6 Å². The molecule has 0 N–H and O–H groups in total. The molecule has 0 aromatic rings. The van der Waals surface area contributed by atoms with Crippen LogP contribution < -0.4 is 0 Å². The zero-order valence-corrected chi connectivity index (χ0v) is 10.3. The van der Waals surface area contributed by atoms with Crippen molar-refractivity contribution >= 4 is 5.97 Å². The van der Waals surface area contributed by atoms with E-state index >= 15 is 0 Å². The molecule has 16 heavy (non-hydrogen) atoms. The molecule has 0 spiro atoms. The lowest BCUT2D eigenvalue weighted by Gasteiger charge is -2.13. The van der Waals surface area contributed by atoms with Crippen LogP contribution in [0.2, 0.25) is 0 Å². The van der Waals surface area contributed by atoms with Crippen molar-refractivity contribution in [3.63, 3.8) is 0 Å². The number of allylic oxidation sites excluding steroid dienone is 3. The third-order valence-electron chi connectivity index (χ3n) is 3.59. The molecule has 0 aromatic carbocycles. The number of ether oxygens (including phenoxy) is 1. The molecule has 0 bridgehead atoms. The SMILES string of the molecule is CC(C)=CCC[C@@H]1OC(=O)[C@@H]2[C@H]1C=C[C@H]2C. The summed E-state index contributed by atoms with van der Waals surface area (Å²) >= 11 is 0. The number of fused-ring (bicyclic) bond motifs is 1. The summed E-state index contributed by atoms with van der Waals surface area (Å²) in [6, 6.07) is 0. The predicted molar refractivity (Wildman–Crippen MR) is 63.8 cm³/mol. The van der Waals surface area contributed by atoms with Crippen molar-refractivity contribution in [2.75, 3.05) is 0 Å². The largest absolute Gasteiger partial charge is 0.461 e. The molecule has 2 rings (SSSR count). The molecular weight excluding hydrogens is 200 g/mol. The maximum absolute atomic E-state index is 11.7. The fourth-order valence-corrected chi connectivity index (χ4v) is 2.71. The van der Waals surface area contributed by atoms with E-state index in [0.29, 0.717) is 11.8 Å². The molecular formula is C14H20O2. The van der Waals surface area contributed by atoms with Crippen LogP contribution in [0.1, 0.15) is 33.6 Å². The van der Waals surface area contributed by atoms with Gasteiger partial charge in [-0.2, -0.15) is 0 Å². The molecule has 0 unspecified atom stereocenters. The highest BCUT2D eigenvalue weighted by Crippen LogP contribution is 2.41. The Morgan fingerprint density at radius 3 is 2.88 bits per heavy atom. The summed E-state index contributed by atoms with van der Waals surface area (Å²) in [6.07, 6.45) is 8.61. The van der Waals surface area contributed by atoms with E-state index in [1.807, 2.05) is 0 Å². The van der Waals surface area contributed by atoms with Crippen molar-refractivity contribution in [3.8, 4) is 0 Å². The number of carbonyl (C=O) groups is 1. The highest BCUT2D eigenvalue weighted by molar-refractivity contribution is 5.77. The first kappa shape index (κ1) is 11.4. The van der Waals surface area contributed by atoms with Crippen molar-refractivity contribution in [2.45, 2.75) is 39.7 Å². The minimum atomic E-state index is 0.00435. The molecule has 1 heterocycles. The maximum Gasteiger partial charge on any atom is 0.310 e. The second-order valence-corrected chi connectivity index (χ2v) is 5.18. The van der Waals surface area contributed by atoms with E-state index in [9.17, 15) is 4.79 Å². The molecule has 4 atom stereocenters. The fourth-order valence-electron chi connectivity index (χ4n) is 2.71. The number of hydrogen-bond donors (Lipinski definition) is 0. The van der Waals surface area contributed by atoms with Gasteiger partial charge in [0.1, 0.15) is 6.10 Å². The molecule has 1 aliphatic heterocycles. The van der Waals surface area contributed by atoms with Crippen LogP contribution in [0.25, 0.3) is 0 Å². The minimum absolute atomic E-state index is 0.00435. The Balaban J connectivity index is 1.95. The van der Waals surface area contributed by atoms with Gasteiger partial charge in [-0.1, -0.05) is 30.7 Å². The van der Waals surface area contributed by atoms with Crippen LogP contribution in [0.3, 0.4) is 0 Å². The lowest BCUT2D eigenvalue weighted by atomic mass is 9.87. The summed E-state index contributed by atoms with van der Waals surface area (Å²) in [5.41, 5.74) is 1.33. The first-order chi connectivity index (χ1) is 7.59. The van der Waals surface area contributed by atoms with Crippen LogP contribution in [-0.2, 0) is 9.53 Å². The fraction of sp³-hybridized carbons (Fsp3) is 0.643. The van der Waals surface area contributed by atoms with E-state index in [4.69, 9.17) is 4.74 Å². The standard InChI is InChI=1S/C14H20O2/c1-9(2)5-4-6-12-11-8-7-10(3)13(11)14(15)16-12/h5,7-8,10-13H,4,6H2,1-3H3/t10-,11+,12+,13+/m1/s1. The second-order valence-electron chi connectivity index (χ2n) is 5.18. The smallest absolute Gasteiger partial charge is 0.310 e. The summed E-state index contributed by atoms with van der Waals surface area (Å²) in [7, 11) is 0. The summed E-state index contributed by atoms with van der Waals surface area (Å²) in [5.74, 6) is 0.778. The molecule has 0 saturated carbocycles. The molecule has 2 aliphatic rings. The third-order valence-corrected chi connectivity index (χ3v) is 3.59. The molecule has 2 heteroatoms. The number of rotatable bonds is 3. The Bertz CT molecular complexity index is 337. The van der Waals surface area contributed by atoms with Crippen LogP contribution in [0.5, 0.6) is 0 Å². The zero-order chi connectivity index (χ0) is 11.7. The van der Waals surface area contributed by atoms with Crippen molar-refractivity contribution in [2.24, 2.45) is 17.8 Å². The molecule has 2 nitrogen and oxygen atoms in total. The normalized spacial score (nSPS) is 36.1. The van der Waals surface area contributed by atoms with Crippen LogP contribution in [0.15, 0.2) is 23.8 Å². The minimum Gasteiger partial charge on any atom is -0.461 e. The monoisotopic (exact) mass is 220 g/mol. The third kappa shape index (κ3) is 2.06. The molecule has 1 saturated heterocycles. The van der Waals surface area contributed by atoms with E-state index in [-0.39, 0.29) is 18.0 Å². The quantitative estimate of drug-likeness (QED) is 0.539. The first-order valence-corrected chi connectivity index (χ1v) is 6.12. The van der Waals surface area contributed by atoms with E-state index < -0.39 is 0 Å². The molecule has 0 aromatic heterocycles. The van der Waals surface area contributed by atoms with Gasteiger partial charge in [-0.15, -0.1) is 0 Å². The lowest BCUT2D eigenvalue weighted by molar-refractivity contribution is -0.145. The van der Waals surface area contributed by atoms with Gasteiger partial charge in [-0.25, -0.2) is 0 Å². The van der Waals surface area contributed by atoms with Gasteiger partial charge in [0.25, 0.3) is 0 Å². The van der Waals surface area contributed by atoms with Crippen molar-refractivity contribution < 1.29 is 9.53 Å². The second kappa shape index (κ2) is 4.44. The van der Waals surface area contributed by atoms with Crippen molar-refractivity contribution in [3.05, 3.63) is 23.8 Å². The Morgan fingerprint density at radius 2 is 2.19 bits per heavy atom. The van der Waals surface area contributed by atoms with E-state index in [1.54, 1.807) is 0 Å².